The molecule has 3 aromatic rings. The van der Waals surface area contributed by atoms with Gasteiger partial charge in [0.2, 0.25) is 11.8 Å². The van der Waals surface area contributed by atoms with E-state index >= 15 is 0 Å². The Kier molecular flexibility index (Phi) is 7.79. The molecule has 0 radical (unpaired) electrons. The standard InChI is InChI=1S/C25H27N3O3/c1-3-19-10-7-8-15-23(19)27-25(30)18-28(2)17-24(29)26-20-11-9-14-22(16-20)31-21-12-5-4-6-13-21/h4-16H,3,17-18H2,1-2H3,(H,26,29)(H,27,30). The highest BCUT2D eigenvalue weighted by Gasteiger charge is 2.12. The molecule has 0 atom stereocenters. The van der Waals surface area contributed by atoms with E-state index in [-0.39, 0.29) is 24.9 Å². The molecule has 3 rings (SSSR count). The number of anilines is 2. The van der Waals surface area contributed by atoms with E-state index in [0.29, 0.717) is 11.4 Å². The van der Waals surface area contributed by atoms with E-state index in [0.717, 1.165) is 23.4 Å². The molecule has 0 fully saturated rings. The maximum Gasteiger partial charge on any atom is 0.238 e. The van der Waals surface area contributed by atoms with E-state index < -0.39 is 0 Å². The maximum atomic E-state index is 12.4. The zero-order valence-electron chi connectivity index (χ0n) is 17.8. The molecule has 0 saturated heterocycles. The van der Waals surface area contributed by atoms with E-state index in [2.05, 4.69) is 10.6 Å². The highest BCUT2D eigenvalue weighted by Crippen LogP contribution is 2.23. The van der Waals surface area contributed by atoms with E-state index in [9.17, 15) is 9.59 Å². The molecule has 0 spiro atoms. The van der Waals surface area contributed by atoms with Crippen molar-refractivity contribution in [2.45, 2.75) is 13.3 Å². The third-order valence-electron chi connectivity index (χ3n) is 4.60. The first-order valence-electron chi connectivity index (χ1n) is 10.2. The summed E-state index contributed by atoms with van der Waals surface area (Å²) in [6, 6.07) is 24.4. The number of nitrogens with one attached hydrogen (secondary N) is 2. The highest BCUT2D eigenvalue weighted by atomic mass is 16.5. The number of rotatable bonds is 9. The normalized spacial score (nSPS) is 10.5. The van der Waals surface area contributed by atoms with Crippen molar-refractivity contribution in [3.05, 3.63) is 84.4 Å². The SMILES string of the molecule is CCc1ccccc1NC(=O)CN(C)CC(=O)Nc1cccc(Oc2ccccc2)c1. The number of carbonyl (C=O) groups is 2. The zero-order chi connectivity index (χ0) is 22.1. The van der Waals surface area contributed by atoms with Crippen LogP contribution >= 0.6 is 0 Å². The summed E-state index contributed by atoms with van der Waals surface area (Å²) >= 11 is 0. The number of hydrogen-bond donors (Lipinski definition) is 2. The minimum atomic E-state index is -0.207. The fourth-order valence-electron chi connectivity index (χ4n) is 3.15. The number of nitrogens with zero attached hydrogens (tertiary/aromatic N) is 1. The Morgan fingerprint density at radius 2 is 1.45 bits per heavy atom. The molecule has 0 aliphatic rings. The largest absolute Gasteiger partial charge is 0.457 e. The lowest BCUT2D eigenvalue weighted by molar-refractivity contribution is -0.119. The minimum absolute atomic E-state index is 0.0899. The maximum absolute atomic E-state index is 12.4. The molecule has 0 unspecified atom stereocenters. The summed E-state index contributed by atoms with van der Waals surface area (Å²) in [5.74, 6) is 0.989. The van der Waals surface area contributed by atoms with Crippen LogP contribution in [0.2, 0.25) is 0 Å². The van der Waals surface area contributed by atoms with Gasteiger partial charge in [0.05, 0.1) is 13.1 Å². The van der Waals surface area contributed by atoms with Crippen LogP contribution < -0.4 is 15.4 Å². The van der Waals surface area contributed by atoms with Crippen molar-refractivity contribution in [2.24, 2.45) is 0 Å². The van der Waals surface area contributed by atoms with Gasteiger partial charge >= 0.3 is 0 Å². The summed E-state index contributed by atoms with van der Waals surface area (Å²) in [6.45, 7) is 2.25. The van der Waals surface area contributed by atoms with Crippen LogP contribution in [0.3, 0.4) is 0 Å². The molecule has 2 N–H and O–H groups in total. The summed E-state index contributed by atoms with van der Waals surface area (Å²) < 4.78 is 5.80. The van der Waals surface area contributed by atoms with Gasteiger partial charge in [0.15, 0.2) is 0 Å². The van der Waals surface area contributed by atoms with Crippen molar-refractivity contribution < 1.29 is 14.3 Å². The first-order valence-corrected chi connectivity index (χ1v) is 10.2. The first-order chi connectivity index (χ1) is 15.0. The van der Waals surface area contributed by atoms with Crippen LogP contribution in [0.5, 0.6) is 11.5 Å². The van der Waals surface area contributed by atoms with Gasteiger partial charge in [-0.15, -0.1) is 0 Å². The fourth-order valence-corrected chi connectivity index (χ4v) is 3.15. The van der Waals surface area contributed by atoms with Crippen molar-refractivity contribution in [3.8, 4) is 11.5 Å². The van der Waals surface area contributed by atoms with Crippen molar-refractivity contribution >= 4 is 23.2 Å². The minimum Gasteiger partial charge on any atom is -0.457 e. The van der Waals surface area contributed by atoms with Crippen LogP contribution in [-0.2, 0) is 16.0 Å². The number of para-hydroxylation sites is 2. The van der Waals surface area contributed by atoms with E-state index in [4.69, 9.17) is 4.74 Å². The molecular formula is C25H27N3O3. The summed E-state index contributed by atoms with van der Waals surface area (Å²) in [5, 5.41) is 5.76. The van der Waals surface area contributed by atoms with Crippen LogP contribution in [-0.4, -0.2) is 36.9 Å². The van der Waals surface area contributed by atoms with Gasteiger partial charge in [0.1, 0.15) is 11.5 Å². The van der Waals surface area contributed by atoms with Gasteiger partial charge in [-0.1, -0.05) is 49.4 Å². The number of aryl methyl sites for hydroxylation is 1. The van der Waals surface area contributed by atoms with Crippen molar-refractivity contribution in [3.63, 3.8) is 0 Å². The first kappa shape index (κ1) is 22.1. The predicted molar refractivity (Wildman–Crippen MR) is 124 cm³/mol. The summed E-state index contributed by atoms with van der Waals surface area (Å²) in [5.41, 5.74) is 2.52. The predicted octanol–water partition coefficient (Wildman–Crippen LogP) is 4.55. The smallest absolute Gasteiger partial charge is 0.238 e. The molecule has 2 amide bonds. The lowest BCUT2D eigenvalue weighted by Gasteiger charge is -2.17. The van der Waals surface area contributed by atoms with E-state index in [1.165, 1.54) is 0 Å². The third-order valence-corrected chi connectivity index (χ3v) is 4.60. The molecule has 6 heteroatoms. The van der Waals surface area contributed by atoms with Crippen molar-refractivity contribution in [1.29, 1.82) is 0 Å². The molecule has 160 valence electrons. The quantitative estimate of drug-likeness (QED) is 0.536. The van der Waals surface area contributed by atoms with E-state index in [1.807, 2.05) is 73.7 Å². The van der Waals surface area contributed by atoms with Gasteiger partial charge in [-0.25, -0.2) is 0 Å². The Morgan fingerprint density at radius 3 is 2.19 bits per heavy atom. The van der Waals surface area contributed by atoms with Crippen LogP contribution in [0.4, 0.5) is 11.4 Å². The average molecular weight is 418 g/mol. The molecule has 3 aromatic carbocycles. The van der Waals surface area contributed by atoms with Crippen LogP contribution in [0.25, 0.3) is 0 Å². The number of hydrogen-bond acceptors (Lipinski definition) is 4. The van der Waals surface area contributed by atoms with Gasteiger partial charge in [-0.05, 0) is 49.4 Å². The summed E-state index contributed by atoms with van der Waals surface area (Å²) in [4.78, 5) is 26.4. The van der Waals surface area contributed by atoms with Crippen molar-refractivity contribution in [1.82, 2.24) is 4.90 Å². The molecule has 0 aliphatic heterocycles. The van der Waals surface area contributed by atoms with Crippen LogP contribution in [0.15, 0.2) is 78.9 Å². The van der Waals surface area contributed by atoms with Gasteiger partial charge < -0.3 is 15.4 Å². The van der Waals surface area contributed by atoms with E-state index in [1.54, 1.807) is 24.1 Å². The topological polar surface area (TPSA) is 70.7 Å². The van der Waals surface area contributed by atoms with Gasteiger partial charge in [-0.3, -0.25) is 14.5 Å². The number of benzene rings is 3. The Bertz CT molecular complexity index is 1020. The molecule has 0 aliphatic carbocycles. The lowest BCUT2D eigenvalue weighted by atomic mass is 10.1. The molecule has 0 heterocycles. The van der Waals surface area contributed by atoms with Gasteiger partial charge in [-0.2, -0.15) is 0 Å². The number of likely N-dealkylation sites (N-methyl/N-ethyl adjacent to an activating group) is 1. The van der Waals surface area contributed by atoms with Gasteiger partial charge in [0, 0.05) is 17.4 Å². The number of amides is 2. The van der Waals surface area contributed by atoms with Crippen LogP contribution in [0, 0.1) is 0 Å². The molecule has 0 saturated carbocycles. The average Bonchev–Trinajstić information content (AvgIpc) is 2.74. The molecule has 6 nitrogen and oxygen atoms in total. The second kappa shape index (κ2) is 10.9. The fraction of sp³-hybridized carbons (Fsp3) is 0.200. The van der Waals surface area contributed by atoms with Crippen LogP contribution in [0.1, 0.15) is 12.5 Å². The number of ether oxygens (including phenoxy) is 1. The monoisotopic (exact) mass is 417 g/mol. The molecule has 31 heavy (non-hydrogen) atoms. The summed E-state index contributed by atoms with van der Waals surface area (Å²) in [6.07, 6.45) is 0.835. The van der Waals surface area contributed by atoms with Gasteiger partial charge in [0.25, 0.3) is 0 Å². The second-order valence-electron chi connectivity index (χ2n) is 7.22. The Hall–Kier alpha value is -3.64. The van der Waals surface area contributed by atoms with Crippen molar-refractivity contribution in [2.75, 3.05) is 30.8 Å². The number of carbonyl (C=O) groups excluding carboxylic acids is 2. The molecule has 0 aromatic heterocycles. The highest BCUT2D eigenvalue weighted by molar-refractivity contribution is 5.95. The molecule has 0 bridgehead atoms. The third kappa shape index (κ3) is 6.97. The summed E-state index contributed by atoms with van der Waals surface area (Å²) in [7, 11) is 1.74. The zero-order valence-corrected chi connectivity index (χ0v) is 17.8. The molecular weight excluding hydrogens is 390 g/mol. The Morgan fingerprint density at radius 1 is 0.806 bits per heavy atom. The second-order valence-corrected chi connectivity index (χ2v) is 7.22. The Labute approximate surface area is 182 Å². The Balaban J connectivity index is 1.50. The lowest BCUT2D eigenvalue weighted by Crippen LogP contribution is -2.36.